The van der Waals surface area contributed by atoms with Crippen LogP contribution < -0.4 is 0 Å². The second-order valence-corrected chi connectivity index (χ2v) is 3.38. The van der Waals surface area contributed by atoms with Crippen LogP contribution in [0.15, 0.2) is 12.1 Å². The fourth-order valence-electron chi connectivity index (χ4n) is 1.43. The van der Waals surface area contributed by atoms with Crippen LogP contribution in [-0.4, -0.2) is 21.3 Å². The van der Waals surface area contributed by atoms with Crippen molar-refractivity contribution in [3.63, 3.8) is 0 Å². The SMILES string of the molecule is Cc1[nH]nc2c(Cl)ccc(C(=O)O)c12. The average Bonchev–Trinajstić information content (AvgIpc) is 2.50. The molecule has 72 valence electrons. The fourth-order valence-corrected chi connectivity index (χ4v) is 1.63. The molecule has 4 nitrogen and oxygen atoms in total. The van der Waals surface area contributed by atoms with E-state index in [-0.39, 0.29) is 5.56 Å². The number of nitrogens with zero attached hydrogens (tertiary/aromatic N) is 1. The first kappa shape index (κ1) is 9.02. The van der Waals surface area contributed by atoms with Gasteiger partial charge in [-0.3, -0.25) is 5.10 Å². The highest BCUT2D eigenvalue weighted by Gasteiger charge is 2.14. The van der Waals surface area contributed by atoms with E-state index in [9.17, 15) is 4.79 Å². The molecule has 5 heteroatoms. The number of H-pyrrole nitrogens is 1. The number of carbonyl (C=O) groups is 1. The number of carboxylic acids is 1. The van der Waals surface area contributed by atoms with Crippen LogP contribution in [0.2, 0.25) is 5.02 Å². The van der Waals surface area contributed by atoms with Crippen molar-refractivity contribution in [1.29, 1.82) is 0 Å². The van der Waals surface area contributed by atoms with Crippen LogP contribution >= 0.6 is 11.6 Å². The number of halogens is 1. The molecule has 0 aliphatic carbocycles. The van der Waals surface area contributed by atoms with Gasteiger partial charge in [0.2, 0.25) is 0 Å². The van der Waals surface area contributed by atoms with Gasteiger partial charge in [0.25, 0.3) is 0 Å². The summed E-state index contributed by atoms with van der Waals surface area (Å²) in [5.41, 5.74) is 1.43. The predicted octanol–water partition coefficient (Wildman–Crippen LogP) is 2.22. The van der Waals surface area contributed by atoms with Gasteiger partial charge in [0.05, 0.1) is 10.6 Å². The van der Waals surface area contributed by atoms with Gasteiger partial charge in [-0.05, 0) is 19.1 Å². The number of fused-ring (bicyclic) bond motifs is 1. The summed E-state index contributed by atoms with van der Waals surface area (Å²) in [5.74, 6) is -0.976. The number of aromatic amines is 1. The summed E-state index contributed by atoms with van der Waals surface area (Å²) in [6.07, 6.45) is 0. The van der Waals surface area contributed by atoms with Crippen molar-refractivity contribution < 1.29 is 9.90 Å². The molecule has 0 aliphatic heterocycles. The molecule has 1 heterocycles. The molecule has 0 radical (unpaired) electrons. The van der Waals surface area contributed by atoms with Gasteiger partial charge in [-0.25, -0.2) is 4.79 Å². The van der Waals surface area contributed by atoms with E-state index in [1.807, 2.05) is 0 Å². The van der Waals surface area contributed by atoms with Crippen LogP contribution in [0.1, 0.15) is 16.1 Å². The Labute approximate surface area is 84.5 Å². The van der Waals surface area contributed by atoms with Gasteiger partial charge in [0, 0.05) is 11.1 Å². The van der Waals surface area contributed by atoms with Crippen LogP contribution in [0.5, 0.6) is 0 Å². The maximum absolute atomic E-state index is 10.9. The van der Waals surface area contributed by atoms with Crippen molar-refractivity contribution in [3.8, 4) is 0 Å². The minimum atomic E-state index is -0.976. The number of aryl methyl sites for hydroxylation is 1. The van der Waals surface area contributed by atoms with E-state index in [0.717, 1.165) is 0 Å². The summed E-state index contributed by atoms with van der Waals surface area (Å²) in [4.78, 5) is 10.9. The molecule has 0 saturated carbocycles. The largest absolute Gasteiger partial charge is 0.478 e. The lowest BCUT2D eigenvalue weighted by atomic mass is 10.1. The molecule has 2 N–H and O–H groups in total. The average molecular weight is 211 g/mol. The standard InChI is InChI=1S/C9H7ClN2O2/c1-4-7-5(9(13)14)2-3-6(10)8(7)12-11-4/h2-3H,1H3,(H,11,12)(H,13,14). The molecule has 0 unspecified atom stereocenters. The van der Waals surface area contributed by atoms with E-state index >= 15 is 0 Å². The van der Waals surface area contributed by atoms with Crippen LogP contribution in [0.4, 0.5) is 0 Å². The molecule has 2 aromatic rings. The Morgan fingerprint density at radius 1 is 1.57 bits per heavy atom. The minimum Gasteiger partial charge on any atom is -0.478 e. The van der Waals surface area contributed by atoms with E-state index in [0.29, 0.717) is 21.6 Å². The van der Waals surface area contributed by atoms with E-state index in [1.54, 1.807) is 6.92 Å². The monoisotopic (exact) mass is 210 g/mol. The van der Waals surface area contributed by atoms with Gasteiger partial charge < -0.3 is 5.11 Å². The molecule has 0 spiro atoms. The topological polar surface area (TPSA) is 66.0 Å². The maximum atomic E-state index is 10.9. The zero-order valence-corrected chi connectivity index (χ0v) is 8.09. The maximum Gasteiger partial charge on any atom is 0.336 e. The van der Waals surface area contributed by atoms with Crippen molar-refractivity contribution in [3.05, 3.63) is 28.4 Å². The van der Waals surface area contributed by atoms with E-state index in [2.05, 4.69) is 10.2 Å². The molecule has 1 aromatic carbocycles. The fraction of sp³-hybridized carbons (Fsp3) is 0.111. The lowest BCUT2D eigenvalue weighted by Crippen LogP contribution is -1.97. The Balaban J connectivity index is 2.92. The molecule has 14 heavy (non-hydrogen) atoms. The van der Waals surface area contributed by atoms with Gasteiger partial charge in [-0.1, -0.05) is 11.6 Å². The Morgan fingerprint density at radius 2 is 2.29 bits per heavy atom. The lowest BCUT2D eigenvalue weighted by Gasteiger charge is -1.98. The number of aromatic carboxylic acids is 1. The first-order valence-corrected chi connectivity index (χ1v) is 4.35. The lowest BCUT2D eigenvalue weighted by molar-refractivity contribution is 0.0699. The number of nitrogens with one attached hydrogen (secondary N) is 1. The van der Waals surface area contributed by atoms with E-state index in [4.69, 9.17) is 16.7 Å². The Hall–Kier alpha value is -1.55. The molecule has 1 aromatic heterocycles. The van der Waals surface area contributed by atoms with Crippen LogP contribution in [0, 0.1) is 6.92 Å². The summed E-state index contributed by atoms with van der Waals surface area (Å²) >= 11 is 5.87. The Morgan fingerprint density at radius 3 is 2.93 bits per heavy atom. The highest BCUT2D eigenvalue weighted by Crippen LogP contribution is 2.26. The molecule has 0 amide bonds. The summed E-state index contributed by atoms with van der Waals surface area (Å²) in [6, 6.07) is 3.02. The van der Waals surface area contributed by atoms with Crippen molar-refractivity contribution >= 4 is 28.5 Å². The summed E-state index contributed by atoms with van der Waals surface area (Å²) in [5, 5.41) is 16.6. The number of benzene rings is 1. The minimum absolute atomic E-state index is 0.218. The van der Waals surface area contributed by atoms with Crippen molar-refractivity contribution in [2.24, 2.45) is 0 Å². The third-order valence-electron chi connectivity index (χ3n) is 2.07. The molecule has 0 aliphatic rings. The Kier molecular flexibility index (Phi) is 1.93. The predicted molar refractivity (Wildman–Crippen MR) is 52.8 cm³/mol. The quantitative estimate of drug-likeness (QED) is 0.759. The van der Waals surface area contributed by atoms with Gasteiger partial charge in [0.15, 0.2) is 0 Å². The molecule has 2 rings (SSSR count). The molecular formula is C9H7ClN2O2. The van der Waals surface area contributed by atoms with Crippen molar-refractivity contribution in [2.45, 2.75) is 6.92 Å². The van der Waals surface area contributed by atoms with Gasteiger partial charge in [0.1, 0.15) is 5.52 Å². The highest BCUT2D eigenvalue weighted by atomic mass is 35.5. The summed E-state index contributed by atoms with van der Waals surface area (Å²) < 4.78 is 0. The molecule has 0 atom stereocenters. The smallest absolute Gasteiger partial charge is 0.336 e. The van der Waals surface area contributed by atoms with E-state index < -0.39 is 5.97 Å². The first-order valence-electron chi connectivity index (χ1n) is 3.97. The summed E-state index contributed by atoms with van der Waals surface area (Å²) in [6.45, 7) is 1.76. The number of aromatic nitrogens is 2. The first-order chi connectivity index (χ1) is 6.61. The Bertz CT molecular complexity index is 519. The van der Waals surface area contributed by atoms with Crippen LogP contribution in [0.3, 0.4) is 0 Å². The highest BCUT2D eigenvalue weighted by molar-refractivity contribution is 6.35. The molecule has 0 saturated heterocycles. The van der Waals surface area contributed by atoms with Crippen LogP contribution in [0.25, 0.3) is 10.9 Å². The third-order valence-corrected chi connectivity index (χ3v) is 2.37. The van der Waals surface area contributed by atoms with Gasteiger partial charge in [-0.2, -0.15) is 5.10 Å². The van der Waals surface area contributed by atoms with E-state index in [1.165, 1.54) is 12.1 Å². The second-order valence-electron chi connectivity index (χ2n) is 2.97. The second kappa shape index (κ2) is 2.99. The normalized spacial score (nSPS) is 10.7. The molecule has 0 fully saturated rings. The van der Waals surface area contributed by atoms with Gasteiger partial charge in [-0.15, -0.1) is 0 Å². The number of carboxylic acid groups (broad SMARTS) is 1. The van der Waals surface area contributed by atoms with Crippen molar-refractivity contribution in [2.75, 3.05) is 0 Å². The summed E-state index contributed by atoms with van der Waals surface area (Å²) in [7, 11) is 0. The molecule has 0 bridgehead atoms. The zero-order chi connectivity index (χ0) is 10.3. The molecular weight excluding hydrogens is 204 g/mol. The third kappa shape index (κ3) is 1.15. The van der Waals surface area contributed by atoms with Crippen molar-refractivity contribution in [1.82, 2.24) is 10.2 Å². The van der Waals surface area contributed by atoms with Gasteiger partial charge >= 0.3 is 5.97 Å². The zero-order valence-electron chi connectivity index (χ0n) is 7.34. The number of hydrogen-bond donors (Lipinski definition) is 2. The number of hydrogen-bond acceptors (Lipinski definition) is 2. The number of rotatable bonds is 1. The van der Waals surface area contributed by atoms with Crippen LogP contribution in [-0.2, 0) is 0 Å².